The van der Waals surface area contributed by atoms with Crippen LogP contribution in [-0.4, -0.2) is 107 Å². The van der Waals surface area contributed by atoms with Crippen LogP contribution in [0.2, 0.25) is 0 Å². The Morgan fingerprint density at radius 3 is 1.36 bits per heavy atom. The lowest BCUT2D eigenvalue weighted by Gasteiger charge is -2.25. The van der Waals surface area contributed by atoms with Gasteiger partial charge < -0.3 is 39.6 Å². The van der Waals surface area contributed by atoms with Crippen molar-refractivity contribution in [1.29, 1.82) is 0 Å². The molecule has 410 valence electrons. The zero-order chi connectivity index (χ0) is 56.4. The Morgan fingerprint density at radius 1 is 0.519 bits per heavy atom. The zero-order valence-corrected chi connectivity index (χ0v) is 46.3. The number of nitrogens with two attached hydrogens (primary N) is 1. The quantitative estimate of drug-likeness (QED) is 0.0388. The maximum atomic E-state index is 15.0. The van der Waals surface area contributed by atoms with Gasteiger partial charge in [-0.15, -0.1) is 5.10 Å². The van der Waals surface area contributed by atoms with Gasteiger partial charge in [0.15, 0.2) is 0 Å². The number of benzene rings is 9. The molecule has 0 aliphatic carbocycles. The Labute approximate surface area is 473 Å². The van der Waals surface area contributed by atoms with Gasteiger partial charge in [-0.2, -0.15) is 0 Å². The molecule has 4 N–H and O–H groups in total. The molecule has 0 atom stereocenters. The molecule has 81 heavy (non-hydrogen) atoms. The SMILES string of the molecule is CN(Cc1ccccc1OBO)Cc1c2ccccc2c(CN(C)C(=O)c2ccc(C(=O)N(C)Cc3c4ccccc4c(CN(C)Cc4ccccc4OBO)c4ccccc34)c(OCc3cn(CCCN)nn3)c2)c2ccccc12. The van der Waals surface area contributed by atoms with Crippen molar-refractivity contribution in [3.8, 4) is 17.2 Å². The van der Waals surface area contributed by atoms with E-state index in [-0.39, 0.29) is 30.7 Å². The maximum Gasteiger partial charge on any atom is 0.504 e. The number of nitrogens with zero attached hydrogens (tertiary/aromatic N) is 7. The van der Waals surface area contributed by atoms with Crippen molar-refractivity contribution in [2.45, 2.75) is 58.8 Å². The molecule has 15 nitrogen and oxygen atoms in total. The summed E-state index contributed by atoms with van der Waals surface area (Å²) >= 11 is 0. The van der Waals surface area contributed by atoms with Gasteiger partial charge in [0.2, 0.25) is 0 Å². The Kier molecular flexibility index (Phi) is 17.7. The summed E-state index contributed by atoms with van der Waals surface area (Å²) in [5.41, 5.74) is 13.3. The lowest BCUT2D eigenvalue weighted by molar-refractivity contribution is 0.0770. The van der Waals surface area contributed by atoms with Gasteiger partial charge in [-0.3, -0.25) is 24.1 Å². The number of fused-ring (bicyclic) bond motifs is 4. The van der Waals surface area contributed by atoms with Gasteiger partial charge in [0.05, 0.1) is 11.8 Å². The van der Waals surface area contributed by atoms with Crippen LogP contribution >= 0.6 is 0 Å². The standard InChI is InChI=1S/C64H66B2N8O7/c1-70(35-44-18-5-15-28-60(44)80-65-77)38-56-47-20-7-11-24-51(47)58(52-25-12-8-21-48(52)56)40-72(3)63(75)43-30-31-55(62(34-43)79-42-46-37-74(69-68-46)33-17-32-67)64(76)73(4)41-59-53-26-13-9-22-49(53)57(50-23-10-14-27-54(50)59)39-71(2)36-45-19-6-16-29-61(45)81-66-78/h5-16,18-31,34,37,65-66,77-78H,17,32-33,35-36,38-42,67H2,1-4H3. The zero-order valence-electron chi connectivity index (χ0n) is 46.3. The third kappa shape index (κ3) is 12.4. The van der Waals surface area contributed by atoms with Gasteiger partial charge in [-0.1, -0.05) is 139 Å². The molecular weight excluding hydrogens is 1010 g/mol. The van der Waals surface area contributed by atoms with Crippen LogP contribution in [0.5, 0.6) is 17.2 Å². The number of hydrogen-bond acceptors (Lipinski definition) is 12. The van der Waals surface area contributed by atoms with Crippen LogP contribution in [0.1, 0.15) is 66.2 Å². The van der Waals surface area contributed by atoms with E-state index in [1.807, 2.05) is 97.1 Å². The van der Waals surface area contributed by atoms with Gasteiger partial charge in [0.1, 0.15) is 29.5 Å². The normalized spacial score (nSPS) is 11.5. The molecule has 2 amide bonds. The Balaban J connectivity index is 0.942. The molecule has 0 aliphatic rings. The summed E-state index contributed by atoms with van der Waals surface area (Å²) in [4.78, 5) is 37.8. The number of hydrogen-bond donors (Lipinski definition) is 3. The van der Waals surface area contributed by atoms with Crippen LogP contribution in [0.3, 0.4) is 0 Å². The molecule has 1 heterocycles. The van der Waals surface area contributed by atoms with Crippen molar-refractivity contribution in [1.82, 2.24) is 34.6 Å². The van der Waals surface area contributed by atoms with E-state index >= 15 is 4.79 Å². The average molecular weight is 1080 g/mol. The molecule has 10 rings (SSSR count). The lowest BCUT2D eigenvalue weighted by atomic mass is 9.91. The van der Waals surface area contributed by atoms with Gasteiger partial charge in [0.25, 0.3) is 11.8 Å². The largest absolute Gasteiger partial charge is 0.539 e. The highest BCUT2D eigenvalue weighted by Crippen LogP contribution is 2.38. The van der Waals surface area contributed by atoms with Gasteiger partial charge >= 0.3 is 15.4 Å². The molecule has 0 aliphatic heterocycles. The van der Waals surface area contributed by atoms with Crippen molar-refractivity contribution in [2.75, 3.05) is 34.7 Å². The van der Waals surface area contributed by atoms with Crippen molar-refractivity contribution in [3.63, 3.8) is 0 Å². The molecule has 0 saturated carbocycles. The average Bonchev–Trinajstić information content (AvgIpc) is 4.13. The minimum atomic E-state index is -0.402. The summed E-state index contributed by atoms with van der Waals surface area (Å²) in [5, 5.41) is 36.2. The van der Waals surface area contributed by atoms with E-state index in [4.69, 9.17) is 19.8 Å². The molecule has 0 bridgehead atoms. The number of aryl methyl sites for hydroxylation is 1. The van der Waals surface area contributed by atoms with E-state index in [2.05, 4.69) is 82.7 Å². The molecule has 10 aromatic rings. The van der Waals surface area contributed by atoms with Gasteiger partial charge in [-0.05, 0) is 123 Å². The van der Waals surface area contributed by atoms with E-state index in [0.29, 0.717) is 74.1 Å². The topological polar surface area (TPSA) is 172 Å². The number of aromatic nitrogens is 3. The van der Waals surface area contributed by atoms with E-state index in [9.17, 15) is 14.8 Å². The van der Waals surface area contributed by atoms with Crippen molar-refractivity contribution in [3.05, 3.63) is 220 Å². The van der Waals surface area contributed by atoms with Crippen LogP contribution < -0.4 is 19.8 Å². The first-order chi connectivity index (χ1) is 39.5. The Hall–Kier alpha value is -8.57. The fraction of sp³-hybridized carbons (Fsp3) is 0.219. The second-order valence-corrected chi connectivity index (χ2v) is 20.6. The van der Waals surface area contributed by atoms with Gasteiger partial charge in [-0.25, -0.2) is 0 Å². The fourth-order valence-electron chi connectivity index (χ4n) is 11.1. The maximum absolute atomic E-state index is 15.0. The van der Waals surface area contributed by atoms with Crippen LogP contribution in [0.25, 0.3) is 43.1 Å². The third-order valence-corrected chi connectivity index (χ3v) is 14.9. The molecule has 0 radical (unpaired) electrons. The molecule has 9 aromatic carbocycles. The minimum absolute atomic E-state index is 0.00773. The third-order valence-electron chi connectivity index (χ3n) is 14.9. The number of para-hydroxylation sites is 2. The van der Waals surface area contributed by atoms with Crippen LogP contribution in [0.4, 0.5) is 0 Å². The number of amides is 2. The first-order valence-electron chi connectivity index (χ1n) is 27.2. The number of carbonyl (C=O) groups is 2. The minimum Gasteiger partial charge on any atom is -0.539 e. The number of ether oxygens (including phenoxy) is 1. The molecule has 1 aromatic heterocycles. The Bertz CT molecular complexity index is 3760. The predicted molar refractivity (Wildman–Crippen MR) is 322 cm³/mol. The summed E-state index contributed by atoms with van der Waals surface area (Å²) in [7, 11) is 6.95. The second-order valence-electron chi connectivity index (χ2n) is 20.6. The van der Waals surface area contributed by atoms with E-state index < -0.39 is 15.4 Å². The van der Waals surface area contributed by atoms with Crippen molar-refractivity contribution < 1.29 is 33.7 Å². The van der Waals surface area contributed by atoms with Crippen LogP contribution in [0, 0.1) is 0 Å². The first-order valence-corrected chi connectivity index (χ1v) is 27.2. The summed E-state index contributed by atoms with van der Waals surface area (Å²) in [6, 6.07) is 53.9. The van der Waals surface area contributed by atoms with Crippen molar-refractivity contribution >= 4 is 70.3 Å². The monoisotopic (exact) mass is 1080 g/mol. The van der Waals surface area contributed by atoms with Gasteiger partial charge in [0, 0.05) is 76.6 Å². The van der Waals surface area contributed by atoms with E-state index in [0.717, 1.165) is 77.3 Å². The highest BCUT2D eigenvalue weighted by Gasteiger charge is 2.25. The summed E-state index contributed by atoms with van der Waals surface area (Å²) < 4.78 is 19.3. The summed E-state index contributed by atoms with van der Waals surface area (Å²) in [6.45, 7) is 4.17. The van der Waals surface area contributed by atoms with Crippen LogP contribution in [0.15, 0.2) is 170 Å². The molecule has 0 spiro atoms. The molecule has 0 unspecified atom stereocenters. The number of rotatable bonds is 24. The fourth-order valence-corrected chi connectivity index (χ4v) is 11.1. The smallest absolute Gasteiger partial charge is 0.504 e. The highest BCUT2D eigenvalue weighted by atomic mass is 16.5. The number of carbonyl (C=O) groups excluding carboxylic acids is 2. The second kappa shape index (κ2) is 25.7. The lowest BCUT2D eigenvalue weighted by Crippen LogP contribution is -2.28. The highest BCUT2D eigenvalue weighted by molar-refractivity contribution is 6.17. The predicted octanol–water partition coefficient (Wildman–Crippen LogP) is 8.90. The van der Waals surface area contributed by atoms with E-state index in [1.54, 1.807) is 53.0 Å². The summed E-state index contributed by atoms with van der Waals surface area (Å²) in [6.07, 6.45) is 2.54. The summed E-state index contributed by atoms with van der Waals surface area (Å²) in [5.74, 6) is 1.01. The van der Waals surface area contributed by atoms with Crippen LogP contribution in [-0.2, 0) is 52.4 Å². The van der Waals surface area contributed by atoms with Crippen molar-refractivity contribution in [2.24, 2.45) is 5.73 Å². The van der Waals surface area contributed by atoms with E-state index in [1.165, 1.54) is 5.56 Å². The molecule has 0 fully saturated rings. The molecular formula is C64H66B2N8O7. The molecule has 17 heteroatoms. The first kappa shape index (κ1) is 55.7. The Morgan fingerprint density at radius 2 is 0.926 bits per heavy atom. The molecule has 0 saturated heterocycles.